The summed E-state index contributed by atoms with van der Waals surface area (Å²) in [5, 5.41) is 3.45. The van der Waals surface area contributed by atoms with E-state index in [0.29, 0.717) is 5.41 Å². The van der Waals surface area contributed by atoms with Crippen LogP contribution in [0.2, 0.25) is 0 Å². The fourth-order valence-corrected chi connectivity index (χ4v) is 2.79. The van der Waals surface area contributed by atoms with Gasteiger partial charge in [0.1, 0.15) is 5.75 Å². The zero-order chi connectivity index (χ0) is 13.0. The highest BCUT2D eigenvalue weighted by Crippen LogP contribution is 2.26. The SMILES string of the molecule is COc1cccc(CN(C)CC2(C)CCNC2)c1. The molecule has 0 spiro atoms. The highest BCUT2D eigenvalue weighted by atomic mass is 16.5. The number of ether oxygens (including phenoxy) is 1. The van der Waals surface area contributed by atoms with Crippen molar-refractivity contribution in [1.82, 2.24) is 10.2 Å². The lowest BCUT2D eigenvalue weighted by Crippen LogP contribution is -2.34. The molecule has 1 unspecified atom stereocenters. The predicted molar refractivity (Wildman–Crippen MR) is 74.9 cm³/mol. The first kappa shape index (κ1) is 13.4. The van der Waals surface area contributed by atoms with Crippen molar-refractivity contribution < 1.29 is 4.74 Å². The lowest BCUT2D eigenvalue weighted by Gasteiger charge is -2.29. The van der Waals surface area contributed by atoms with Crippen LogP contribution in [0.15, 0.2) is 24.3 Å². The summed E-state index contributed by atoms with van der Waals surface area (Å²) in [6, 6.07) is 8.33. The monoisotopic (exact) mass is 248 g/mol. The van der Waals surface area contributed by atoms with Gasteiger partial charge in [0, 0.05) is 19.6 Å². The number of benzene rings is 1. The number of nitrogens with zero attached hydrogens (tertiary/aromatic N) is 1. The van der Waals surface area contributed by atoms with E-state index < -0.39 is 0 Å². The van der Waals surface area contributed by atoms with Gasteiger partial charge in [-0.15, -0.1) is 0 Å². The van der Waals surface area contributed by atoms with Gasteiger partial charge in [0.05, 0.1) is 7.11 Å². The van der Waals surface area contributed by atoms with E-state index in [-0.39, 0.29) is 0 Å². The Hall–Kier alpha value is -1.06. The quantitative estimate of drug-likeness (QED) is 0.864. The minimum atomic E-state index is 0.424. The molecule has 0 aliphatic carbocycles. The van der Waals surface area contributed by atoms with Gasteiger partial charge in [0.2, 0.25) is 0 Å². The maximum absolute atomic E-state index is 5.26. The van der Waals surface area contributed by atoms with Crippen LogP contribution in [0.4, 0.5) is 0 Å². The summed E-state index contributed by atoms with van der Waals surface area (Å²) in [5.41, 5.74) is 1.74. The van der Waals surface area contributed by atoms with Crippen molar-refractivity contribution in [3.8, 4) is 5.75 Å². The van der Waals surface area contributed by atoms with Crippen LogP contribution in [-0.4, -0.2) is 38.7 Å². The third kappa shape index (κ3) is 3.47. The molecule has 100 valence electrons. The maximum Gasteiger partial charge on any atom is 0.119 e. The minimum Gasteiger partial charge on any atom is -0.497 e. The van der Waals surface area contributed by atoms with Crippen molar-refractivity contribution in [2.75, 3.05) is 33.8 Å². The van der Waals surface area contributed by atoms with E-state index in [1.807, 2.05) is 6.07 Å². The summed E-state index contributed by atoms with van der Waals surface area (Å²) in [7, 11) is 3.91. The van der Waals surface area contributed by atoms with Gasteiger partial charge in [-0.05, 0) is 43.1 Å². The van der Waals surface area contributed by atoms with Crippen LogP contribution in [0.1, 0.15) is 18.9 Å². The largest absolute Gasteiger partial charge is 0.497 e. The Morgan fingerprint density at radius 1 is 1.44 bits per heavy atom. The van der Waals surface area contributed by atoms with Crippen molar-refractivity contribution in [1.29, 1.82) is 0 Å². The summed E-state index contributed by atoms with van der Waals surface area (Å²) < 4.78 is 5.26. The van der Waals surface area contributed by atoms with E-state index in [1.54, 1.807) is 7.11 Å². The molecule has 1 saturated heterocycles. The third-order valence-corrected chi connectivity index (χ3v) is 3.70. The first-order valence-electron chi connectivity index (χ1n) is 6.63. The van der Waals surface area contributed by atoms with E-state index in [9.17, 15) is 0 Å². The smallest absolute Gasteiger partial charge is 0.119 e. The zero-order valence-corrected chi connectivity index (χ0v) is 11.7. The number of hydrogen-bond donors (Lipinski definition) is 1. The minimum absolute atomic E-state index is 0.424. The second-order valence-electron chi connectivity index (χ2n) is 5.76. The summed E-state index contributed by atoms with van der Waals surface area (Å²) in [6.07, 6.45) is 1.27. The molecule has 1 aromatic carbocycles. The Morgan fingerprint density at radius 3 is 2.94 bits per heavy atom. The van der Waals surface area contributed by atoms with Gasteiger partial charge >= 0.3 is 0 Å². The fourth-order valence-electron chi connectivity index (χ4n) is 2.79. The molecule has 3 heteroatoms. The molecule has 0 bridgehead atoms. The van der Waals surface area contributed by atoms with Gasteiger partial charge < -0.3 is 15.0 Å². The lowest BCUT2D eigenvalue weighted by molar-refractivity contribution is 0.203. The van der Waals surface area contributed by atoms with E-state index in [1.165, 1.54) is 12.0 Å². The average Bonchev–Trinajstić information content (AvgIpc) is 2.75. The van der Waals surface area contributed by atoms with E-state index in [0.717, 1.165) is 31.9 Å². The molecule has 0 saturated carbocycles. The molecule has 1 atom stereocenters. The zero-order valence-electron chi connectivity index (χ0n) is 11.7. The van der Waals surface area contributed by atoms with Gasteiger partial charge in [-0.3, -0.25) is 0 Å². The van der Waals surface area contributed by atoms with E-state index in [4.69, 9.17) is 4.74 Å². The molecule has 1 aromatic rings. The van der Waals surface area contributed by atoms with E-state index in [2.05, 4.69) is 42.4 Å². The molecule has 0 aromatic heterocycles. The highest BCUT2D eigenvalue weighted by molar-refractivity contribution is 5.28. The molecule has 1 heterocycles. The van der Waals surface area contributed by atoms with Crippen LogP contribution in [0.25, 0.3) is 0 Å². The second kappa shape index (κ2) is 5.72. The molecular formula is C15H24N2O. The summed E-state index contributed by atoms with van der Waals surface area (Å²) >= 11 is 0. The third-order valence-electron chi connectivity index (χ3n) is 3.70. The lowest BCUT2D eigenvalue weighted by atomic mass is 9.89. The summed E-state index contributed by atoms with van der Waals surface area (Å²) in [5.74, 6) is 0.939. The van der Waals surface area contributed by atoms with Crippen LogP contribution >= 0.6 is 0 Å². The Balaban J connectivity index is 1.91. The number of nitrogens with one attached hydrogen (secondary N) is 1. The fraction of sp³-hybridized carbons (Fsp3) is 0.600. The van der Waals surface area contributed by atoms with Crippen molar-refractivity contribution >= 4 is 0 Å². The molecule has 0 radical (unpaired) electrons. The van der Waals surface area contributed by atoms with Crippen LogP contribution in [0, 0.1) is 5.41 Å². The molecule has 3 nitrogen and oxygen atoms in total. The molecule has 1 N–H and O–H groups in total. The molecule has 1 fully saturated rings. The first-order valence-corrected chi connectivity index (χ1v) is 6.63. The van der Waals surface area contributed by atoms with Crippen LogP contribution in [0.5, 0.6) is 5.75 Å². The molecule has 1 aliphatic heterocycles. The molecular weight excluding hydrogens is 224 g/mol. The Bertz CT molecular complexity index is 386. The normalized spacial score (nSPS) is 23.6. The van der Waals surface area contributed by atoms with Gasteiger partial charge in [0.25, 0.3) is 0 Å². The molecule has 2 rings (SSSR count). The van der Waals surface area contributed by atoms with Crippen molar-refractivity contribution in [2.45, 2.75) is 19.9 Å². The van der Waals surface area contributed by atoms with Crippen LogP contribution < -0.4 is 10.1 Å². The number of rotatable bonds is 5. The predicted octanol–water partition coefficient (Wildman–Crippen LogP) is 2.13. The Kier molecular flexibility index (Phi) is 4.25. The first-order chi connectivity index (χ1) is 8.61. The van der Waals surface area contributed by atoms with Crippen LogP contribution in [0.3, 0.4) is 0 Å². The topological polar surface area (TPSA) is 24.5 Å². The van der Waals surface area contributed by atoms with Gasteiger partial charge in [0.15, 0.2) is 0 Å². The summed E-state index contributed by atoms with van der Waals surface area (Å²) in [4.78, 5) is 2.40. The summed E-state index contributed by atoms with van der Waals surface area (Å²) in [6.45, 7) is 6.78. The van der Waals surface area contributed by atoms with Gasteiger partial charge in [-0.1, -0.05) is 19.1 Å². The molecule has 18 heavy (non-hydrogen) atoms. The van der Waals surface area contributed by atoms with Crippen molar-refractivity contribution in [2.24, 2.45) is 5.41 Å². The second-order valence-corrected chi connectivity index (χ2v) is 5.76. The average molecular weight is 248 g/mol. The van der Waals surface area contributed by atoms with Gasteiger partial charge in [-0.25, -0.2) is 0 Å². The Labute approximate surface area is 110 Å². The standard InChI is InChI=1S/C15H24N2O/c1-15(7-8-16-11-15)12-17(2)10-13-5-4-6-14(9-13)18-3/h4-6,9,16H,7-8,10-12H2,1-3H3. The number of hydrogen-bond acceptors (Lipinski definition) is 3. The maximum atomic E-state index is 5.26. The Morgan fingerprint density at radius 2 is 2.28 bits per heavy atom. The molecule has 0 amide bonds. The van der Waals surface area contributed by atoms with Crippen molar-refractivity contribution in [3.05, 3.63) is 29.8 Å². The van der Waals surface area contributed by atoms with Crippen LogP contribution in [-0.2, 0) is 6.54 Å². The van der Waals surface area contributed by atoms with Crippen molar-refractivity contribution in [3.63, 3.8) is 0 Å². The highest BCUT2D eigenvalue weighted by Gasteiger charge is 2.29. The number of methoxy groups -OCH3 is 1. The van der Waals surface area contributed by atoms with Gasteiger partial charge in [-0.2, -0.15) is 0 Å². The molecule has 1 aliphatic rings. The van der Waals surface area contributed by atoms with E-state index >= 15 is 0 Å².